The quantitative estimate of drug-likeness (QED) is 0.648. The van der Waals surface area contributed by atoms with Crippen molar-refractivity contribution in [3.05, 3.63) is 40.2 Å². The third kappa shape index (κ3) is 5.72. The van der Waals surface area contributed by atoms with E-state index >= 15 is 0 Å². The molecule has 1 heterocycles. The summed E-state index contributed by atoms with van der Waals surface area (Å²) in [4.78, 5) is 18.0. The minimum Gasteiger partial charge on any atom is -0.494 e. The van der Waals surface area contributed by atoms with Gasteiger partial charge in [0, 0.05) is 29.1 Å². The molecule has 1 aromatic carbocycles. The first-order valence-electron chi connectivity index (χ1n) is 10.8. The van der Waals surface area contributed by atoms with E-state index in [1.54, 1.807) is 0 Å². The van der Waals surface area contributed by atoms with Gasteiger partial charge in [0.25, 0.3) is 5.56 Å². The number of fused-ring (bicyclic) bond motifs is 1. The number of nitrogens with zero attached hydrogens (tertiary/aromatic N) is 1. The Bertz CT molecular complexity index is 887. The fourth-order valence-corrected chi connectivity index (χ4v) is 4.24. The SMILES string of the molecule is CCOc1ccc2[nH]c(=O)c(CN(C(=S)NCC(C)C)C3CCCCC3)cc2c1. The van der Waals surface area contributed by atoms with Gasteiger partial charge in [-0.1, -0.05) is 33.1 Å². The number of thiocarbonyl (C=S) groups is 1. The second kappa shape index (κ2) is 10.1. The van der Waals surface area contributed by atoms with Crippen LogP contribution in [0.15, 0.2) is 29.1 Å². The van der Waals surface area contributed by atoms with Gasteiger partial charge in [0.05, 0.1) is 13.2 Å². The van der Waals surface area contributed by atoms with Crippen molar-refractivity contribution >= 4 is 28.2 Å². The number of pyridine rings is 1. The summed E-state index contributed by atoms with van der Waals surface area (Å²) < 4.78 is 5.62. The van der Waals surface area contributed by atoms with E-state index in [0.717, 1.165) is 46.7 Å². The van der Waals surface area contributed by atoms with E-state index in [-0.39, 0.29) is 5.56 Å². The van der Waals surface area contributed by atoms with Crippen LogP contribution in [0, 0.1) is 5.92 Å². The van der Waals surface area contributed by atoms with Crippen LogP contribution in [0.5, 0.6) is 5.75 Å². The average molecular weight is 416 g/mol. The number of ether oxygens (including phenoxy) is 1. The number of H-pyrrole nitrogens is 1. The standard InChI is InChI=1S/C23H33N3O2S/c1-4-28-20-10-11-21-17(13-20)12-18(22(27)25-21)15-26(19-8-6-5-7-9-19)23(29)24-14-16(2)3/h10-13,16,19H,4-9,14-15H2,1-3H3,(H,24,29)(H,25,27). The number of aromatic amines is 1. The highest BCUT2D eigenvalue weighted by atomic mass is 32.1. The molecule has 1 aromatic heterocycles. The molecule has 0 saturated heterocycles. The van der Waals surface area contributed by atoms with Crippen molar-refractivity contribution in [1.29, 1.82) is 0 Å². The van der Waals surface area contributed by atoms with Gasteiger partial charge in [-0.2, -0.15) is 0 Å². The summed E-state index contributed by atoms with van der Waals surface area (Å²) in [6.45, 7) is 8.30. The highest BCUT2D eigenvalue weighted by Crippen LogP contribution is 2.25. The molecular formula is C23H33N3O2S. The zero-order valence-corrected chi connectivity index (χ0v) is 18.6. The first-order valence-corrected chi connectivity index (χ1v) is 11.2. The molecule has 0 unspecified atom stereocenters. The molecule has 0 spiro atoms. The normalized spacial score (nSPS) is 14.9. The Kier molecular flexibility index (Phi) is 7.53. The van der Waals surface area contributed by atoms with Gasteiger partial charge in [-0.05, 0) is 62.2 Å². The summed E-state index contributed by atoms with van der Waals surface area (Å²) in [5.74, 6) is 1.33. The fraction of sp³-hybridized carbons (Fsp3) is 0.565. The van der Waals surface area contributed by atoms with Crippen LogP contribution in [0.25, 0.3) is 10.9 Å². The maximum absolute atomic E-state index is 12.8. The fourth-order valence-electron chi connectivity index (χ4n) is 3.94. The van der Waals surface area contributed by atoms with Gasteiger partial charge in [-0.25, -0.2) is 0 Å². The summed E-state index contributed by atoms with van der Waals surface area (Å²) in [5.41, 5.74) is 1.52. The van der Waals surface area contributed by atoms with E-state index in [1.807, 2.05) is 31.2 Å². The van der Waals surface area contributed by atoms with Crippen molar-refractivity contribution < 1.29 is 4.74 Å². The third-order valence-corrected chi connectivity index (χ3v) is 5.86. The number of nitrogens with one attached hydrogen (secondary N) is 2. The number of aromatic nitrogens is 1. The lowest BCUT2D eigenvalue weighted by atomic mass is 9.94. The van der Waals surface area contributed by atoms with Crippen LogP contribution in [0.1, 0.15) is 58.4 Å². The number of benzene rings is 1. The van der Waals surface area contributed by atoms with Crippen molar-refractivity contribution in [2.75, 3.05) is 13.2 Å². The smallest absolute Gasteiger partial charge is 0.253 e. The molecule has 0 bridgehead atoms. The van der Waals surface area contributed by atoms with Crippen molar-refractivity contribution in [2.24, 2.45) is 5.92 Å². The lowest BCUT2D eigenvalue weighted by Gasteiger charge is -2.36. The van der Waals surface area contributed by atoms with Gasteiger partial charge in [-0.3, -0.25) is 4.79 Å². The Balaban J connectivity index is 1.88. The van der Waals surface area contributed by atoms with E-state index in [4.69, 9.17) is 17.0 Å². The Morgan fingerprint density at radius 1 is 1.28 bits per heavy atom. The molecule has 29 heavy (non-hydrogen) atoms. The van der Waals surface area contributed by atoms with E-state index in [9.17, 15) is 4.79 Å². The highest BCUT2D eigenvalue weighted by molar-refractivity contribution is 7.80. The van der Waals surface area contributed by atoms with E-state index in [0.29, 0.717) is 25.1 Å². The second-order valence-electron chi connectivity index (χ2n) is 8.31. The van der Waals surface area contributed by atoms with E-state index < -0.39 is 0 Å². The van der Waals surface area contributed by atoms with Crippen molar-refractivity contribution in [3.63, 3.8) is 0 Å². The Morgan fingerprint density at radius 3 is 2.72 bits per heavy atom. The lowest BCUT2D eigenvalue weighted by Crippen LogP contribution is -2.47. The molecular weight excluding hydrogens is 382 g/mol. The number of hydrogen-bond donors (Lipinski definition) is 2. The maximum Gasteiger partial charge on any atom is 0.253 e. The first kappa shape index (κ1) is 21.6. The van der Waals surface area contributed by atoms with Crippen LogP contribution < -0.4 is 15.6 Å². The molecule has 5 nitrogen and oxygen atoms in total. The molecule has 6 heteroatoms. The lowest BCUT2D eigenvalue weighted by molar-refractivity contribution is 0.234. The maximum atomic E-state index is 12.8. The molecule has 0 radical (unpaired) electrons. The van der Waals surface area contributed by atoms with Crippen molar-refractivity contribution in [1.82, 2.24) is 15.2 Å². The molecule has 0 amide bonds. The van der Waals surface area contributed by atoms with Gasteiger partial charge in [0.2, 0.25) is 0 Å². The molecule has 2 N–H and O–H groups in total. The van der Waals surface area contributed by atoms with Crippen LogP contribution in [0.3, 0.4) is 0 Å². The molecule has 2 aromatic rings. The van der Waals surface area contributed by atoms with E-state index in [1.165, 1.54) is 19.3 Å². The summed E-state index contributed by atoms with van der Waals surface area (Å²) >= 11 is 5.75. The topological polar surface area (TPSA) is 57.4 Å². The van der Waals surface area contributed by atoms with Crippen molar-refractivity contribution in [3.8, 4) is 5.75 Å². The second-order valence-corrected chi connectivity index (χ2v) is 8.69. The molecule has 3 rings (SSSR count). The molecule has 1 aliphatic carbocycles. The summed E-state index contributed by atoms with van der Waals surface area (Å²) in [6, 6.07) is 8.15. The van der Waals surface area contributed by atoms with Crippen LogP contribution >= 0.6 is 12.2 Å². The Labute approximate surface area is 178 Å². The van der Waals surface area contributed by atoms with E-state index in [2.05, 4.69) is 29.0 Å². The minimum atomic E-state index is -0.0471. The van der Waals surface area contributed by atoms with Crippen LogP contribution in [-0.4, -0.2) is 34.2 Å². The zero-order valence-electron chi connectivity index (χ0n) is 17.8. The predicted octanol–water partition coefficient (Wildman–Crippen LogP) is 4.59. The Hall–Kier alpha value is -2.08. The minimum absolute atomic E-state index is 0.0471. The van der Waals surface area contributed by atoms with Crippen molar-refractivity contribution in [2.45, 2.75) is 65.5 Å². The average Bonchev–Trinajstić information content (AvgIpc) is 2.71. The molecule has 158 valence electrons. The highest BCUT2D eigenvalue weighted by Gasteiger charge is 2.24. The monoisotopic (exact) mass is 415 g/mol. The van der Waals surface area contributed by atoms with Gasteiger partial charge < -0.3 is 19.9 Å². The molecule has 0 aliphatic heterocycles. The molecule has 1 saturated carbocycles. The van der Waals surface area contributed by atoms with Crippen LogP contribution in [-0.2, 0) is 6.54 Å². The summed E-state index contributed by atoms with van der Waals surface area (Å²) in [5, 5.41) is 5.15. The molecule has 0 atom stereocenters. The van der Waals surface area contributed by atoms with Gasteiger partial charge >= 0.3 is 0 Å². The number of rotatable bonds is 7. The number of hydrogen-bond acceptors (Lipinski definition) is 3. The van der Waals surface area contributed by atoms with Gasteiger partial charge in [0.1, 0.15) is 5.75 Å². The zero-order chi connectivity index (χ0) is 20.8. The Morgan fingerprint density at radius 2 is 2.03 bits per heavy atom. The third-order valence-electron chi connectivity index (χ3n) is 5.48. The van der Waals surface area contributed by atoms with Crippen LogP contribution in [0.2, 0.25) is 0 Å². The molecule has 1 aliphatic rings. The van der Waals surface area contributed by atoms with Gasteiger partial charge in [0.15, 0.2) is 5.11 Å². The van der Waals surface area contributed by atoms with Crippen LogP contribution in [0.4, 0.5) is 0 Å². The first-order chi connectivity index (χ1) is 14.0. The molecule has 1 fully saturated rings. The largest absolute Gasteiger partial charge is 0.494 e. The summed E-state index contributed by atoms with van der Waals surface area (Å²) in [6.07, 6.45) is 5.99. The van der Waals surface area contributed by atoms with Gasteiger partial charge in [-0.15, -0.1) is 0 Å². The predicted molar refractivity (Wildman–Crippen MR) is 124 cm³/mol. The summed E-state index contributed by atoms with van der Waals surface area (Å²) in [7, 11) is 0.